The summed E-state index contributed by atoms with van der Waals surface area (Å²) in [6.07, 6.45) is 0. The SMILES string of the molecule is CNC(C)CNC(=O)c1ccc(C)c(Cl)c1. The Morgan fingerprint density at radius 2 is 2.19 bits per heavy atom. The molecule has 1 atom stereocenters. The first-order chi connectivity index (χ1) is 7.54. The highest BCUT2D eigenvalue weighted by atomic mass is 35.5. The van der Waals surface area contributed by atoms with Gasteiger partial charge >= 0.3 is 0 Å². The zero-order chi connectivity index (χ0) is 12.1. The zero-order valence-electron chi connectivity index (χ0n) is 9.80. The summed E-state index contributed by atoms with van der Waals surface area (Å²) in [5, 5.41) is 6.51. The summed E-state index contributed by atoms with van der Waals surface area (Å²) in [5.41, 5.74) is 1.57. The van der Waals surface area contributed by atoms with Crippen LogP contribution in [-0.4, -0.2) is 25.5 Å². The summed E-state index contributed by atoms with van der Waals surface area (Å²) in [5.74, 6) is -0.0935. The van der Waals surface area contributed by atoms with E-state index in [9.17, 15) is 4.79 Å². The molecular weight excluding hydrogens is 224 g/mol. The van der Waals surface area contributed by atoms with E-state index in [4.69, 9.17) is 11.6 Å². The van der Waals surface area contributed by atoms with Crippen LogP contribution in [0.15, 0.2) is 18.2 Å². The van der Waals surface area contributed by atoms with Gasteiger partial charge in [0.05, 0.1) is 0 Å². The van der Waals surface area contributed by atoms with E-state index in [0.717, 1.165) is 5.56 Å². The fourth-order valence-corrected chi connectivity index (χ4v) is 1.36. The van der Waals surface area contributed by atoms with Crippen LogP contribution in [0.3, 0.4) is 0 Å². The lowest BCUT2D eigenvalue weighted by molar-refractivity contribution is 0.0950. The van der Waals surface area contributed by atoms with Gasteiger partial charge < -0.3 is 10.6 Å². The first-order valence-electron chi connectivity index (χ1n) is 5.26. The molecule has 0 radical (unpaired) electrons. The lowest BCUT2D eigenvalue weighted by Gasteiger charge is -2.11. The number of carbonyl (C=O) groups excluding carboxylic acids is 1. The molecule has 0 aromatic heterocycles. The van der Waals surface area contributed by atoms with Gasteiger partial charge in [0.15, 0.2) is 0 Å². The third kappa shape index (κ3) is 3.51. The van der Waals surface area contributed by atoms with Crippen molar-refractivity contribution in [3.05, 3.63) is 34.3 Å². The summed E-state index contributed by atoms with van der Waals surface area (Å²) in [7, 11) is 1.86. The van der Waals surface area contributed by atoms with E-state index < -0.39 is 0 Å². The Bertz CT molecular complexity index is 379. The van der Waals surface area contributed by atoms with Gasteiger partial charge in [-0.25, -0.2) is 0 Å². The number of rotatable bonds is 4. The predicted octanol–water partition coefficient (Wildman–Crippen LogP) is 1.99. The minimum absolute atomic E-state index is 0.0935. The Morgan fingerprint density at radius 3 is 2.75 bits per heavy atom. The Morgan fingerprint density at radius 1 is 1.50 bits per heavy atom. The van der Waals surface area contributed by atoms with Crippen LogP contribution in [0.5, 0.6) is 0 Å². The molecule has 0 aliphatic heterocycles. The van der Waals surface area contributed by atoms with E-state index in [2.05, 4.69) is 10.6 Å². The number of likely N-dealkylation sites (N-methyl/N-ethyl adjacent to an activating group) is 1. The molecule has 0 aliphatic carbocycles. The van der Waals surface area contributed by atoms with Gasteiger partial charge in [0.25, 0.3) is 5.91 Å². The van der Waals surface area contributed by atoms with Crippen LogP contribution in [0.25, 0.3) is 0 Å². The van der Waals surface area contributed by atoms with E-state index in [0.29, 0.717) is 17.1 Å². The minimum atomic E-state index is -0.0935. The van der Waals surface area contributed by atoms with E-state index in [1.54, 1.807) is 12.1 Å². The molecule has 0 heterocycles. The lowest BCUT2D eigenvalue weighted by Crippen LogP contribution is -2.37. The van der Waals surface area contributed by atoms with Crippen molar-refractivity contribution >= 4 is 17.5 Å². The largest absolute Gasteiger partial charge is 0.350 e. The fraction of sp³-hybridized carbons (Fsp3) is 0.417. The third-order valence-electron chi connectivity index (χ3n) is 2.50. The number of carbonyl (C=O) groups is 1. The van der Waals surface area contributed by atoms with Gasteiger partial charge in [0, 0.05) is 23.2 Å². The van der Waals surface area contributed by atoms with Gasteiger partial charge in [-0.05, 0) is 38.6 Å². The number of nitrogens with one attached hydrogen (secondary N) is 2. The van der Waals surface area contributed by atoms with Gasteiger partial charge in [0.1, 0.15) is 0 Å². The normalized spacial score (nSPS) is 12.2. The van der Waals surface area contributed by atoms with Gasteiger partial charge in [-0.1, -0.05) is 17.7 Å². The van der Waals surface area contributed by atoms with E-state index in [-0.39, 0.29) is 11.9 Å². The molecule has 1 unspecified atom stereocenters. The Balaban J connectivity index is 2.63. The summed E-state index contributed by atoms with van der Waals surface area (Å²) < 4.78 is 0. The molecule has 1 rings (SSSR count). The van der Waals surface area contributed by atoms with Crippen molar-refractivity contribution in [2.24, 2.45) is 0 Å². The van der Waals surface area contributed by atoms with Crippen molar-refractivity contribution < 1.29 is 4.79 Å². The molecular formula is C12H17ClN2O. The first-order valence-corrected chi connectivity index (χ1v) is 5.64. The van der Waals surface area contributed by atoms with Crippen molar-refractivity contribution in [3.8, 4) is 0 Å². The minimum Gasteiger partial charge on any atom is -0.350 e. The number of aryl methyl sites for hydroxylation is 1. The molecule has 1 aromatic rings. The highest BCUT2D eigenvalue weighted by Gasteiger charge is 2.07. The van der Waals surface area contributed by atoms with Crippen LogP contribution in [0.1, 0.15) is 22.8 Å². The van der Waals surface area contributed by atoms with Gasteiger partial charge in [-0.15, -0.1) is 0 Å². The molecule has 1 amide bonds. The van der Waals surface area contributed by atoms with Crippen LogP contribution in [0.4, 0.5) is 0 Å². The van der Waals surface area contributed by atoms with Crippen molar-refractivity contribution in [1.29, 1.82) is 0 Å². The maximum absolute atomic E-state index is 11.7. The van der Waals surface area contributed by atoms with Crippen molar-refractivity contribution in [3.63, 3.8) is 0 Å². The van der Waals surface area contributed by atoms with E-state index in [1.807, 2.05) is 27.0 Å². The Kier molecular flexibility index (Phi) is 4.77. The summed E-state index contributed by atoms with van der Waals surface area (Å²) in [4.78, 5) is 11.7. The molecule has 16 heavy (non-hydrogen) atoms. The quantitative estimate of drug-likeness (QED) is 0.845. The molecule has 4 heteroatoms. The monoisotopic (exact) mass is 240 g/mol. The molecule has 0 saturated carbocycles. The molecule has 0 spiro atoms. The number of hydrogen-bond acceptors (Lipinski definition) is 2. The standard InChI is InChI=1S/C12H17ClN2O/c1-8-4-5-10(6-11(8)13)12(16)15-7-9(2)14-3/h4-6,9,14H,7H2,1-3H3,(H,15,16). The molecule has 2 N–H and O–H groups in total. The number of halogens is 1. The van der Waals surface area contributed by atoms with Crippen molar-refractivity contribution in [2.75, 3.05) is 13.6 Å². The molecule has 0 fully saturated rings. The average Bonchev–Trinajstić information content (AvgIpc) is 2.29. The predicted molar refractivity (Wildman–Crippen MR) is 67.0 cm³/mol. The average molecular weight is 241 g/mol. The molecule has 0 saturated heterocycles. The molecule has 0 bridgehead atoms. The van der Waals surface area contributed by atoms with Gasteiger partial charge in [0.2, 0.25) is 0 Å². The zero-order valence-corrected chi connectivity index (χ0v) is 10.6. The third-order valence-corrected chi connectivity index (χ3v) is 2.90. The topological polar surface area (TPSA) is 41.1 Å². The van der Waals surface area contributed by atoms with Gasteiger partial charge in [-0.2, -0.15) is 0 Å². The number of amides is 1. The highest BCUT2D eigenvalue weighted by molar-refractivity contribution is 6.31. The first kappa shape index (κ1) is 13.0. The summed E-state index contributed by atoms with van der Waals surface area (Å²) in [6.45, 7) is 4.51. The molecule has 0 aliphatic rings. The second-order valence-corrected chi connectivity index (χ2v) is 4.27. The maximum Gasteiger partial charge on any atom is 0.251 e. The lowest BCUT2D eigenvalue weighted by atomic mass is 10.1. The highest BCUT2D eigenvalue weighted by Crippen LogP contribution is 2.16. The smallest absolute Gasteiger partial charge is 0.251 e. The van der Waals surface area contributed by atoms with E-state index in [1.165, 1.54) is 0 Å². The maximum atomic E-state index is 11.7. The van der Waals surface area contributed by atoms with Crippen LogP contribution >= 0.6 is 11.6 Å². The Hall–Kier alpha value is -1.06. The molecule has 88 valence electrons. The van der Waals surface area contributed by atoms with Crippen molar-refractivity contribution in [2.45, 2.75) is 19.9 Å². The second kappa shape index (κ2) is 5.87. The molecule has 1 aromatic carbocycles. The second-order valence-electron chi connectivity index (χ2n) is 3.86. The van der Waals surface area contributed by atoms with Crippen LogP contribution in [0.2, 0.25) is 5.02 Å². The summed E-state index contributed by atoms with van der Waals surface area (Å²) in [6, 6.07) is 5.57. The van der Waals surface area contributed by atoms with Crippen molar-refractivity contribution in [1.82, 2.24) is 10.6 Å². The van der Waals surface area contributed by atoms with E-state index >= 15 is 0 Å². The molecule has 3 nitrogen and oxygen atoms in total. The van der Waals surface area contributed by atoms with Crippen LogP contribution < -0.4 is 10.6 Å². The summed E-state index contributed by atoms with van der Waals surface area (Å²) >= 11 is 5.96. The number of benzene rings is 1. The van der Waals surface area contributed by atoms with Crippen LogP contribution in [0, 0.1) is 6.92 Å². The van der Waals surface area contributed by atoms with Gasteiger partial charge in [-0.3, -0.25) is 4.79 Å². The Labute approximate surface area is 101 Å². The van der Waals surface area contributed by atoms with Crippen LogP contribution in [-0.2, 0) is 0 Å². The fourth-order valence-electron chi connectivity index (χ4n) is 1.18. The number of hydrogen-bond donors (Lipinski definition) is 2.